The number of ether oxygens (including phenoxy) is 2. The highest BCUT2D eigenvalue weighted by atomic mass is 32.1. The first-order valence-electron chi connectivity index (χ1n) is 9.76. The highest BCUT2D eigenvalue weighted by Gasteiger charge is 2.11. The maximum Gasteiger partial charge on any atom is 0.162 e. The number of nitrogens with zero attached hydrogens (tertiary/aromatic N) is 4. The fourth-order valence-electron chi connectivity index (χ4n) is 3.51. The molecule has 6 nitrogen and oxygen atoms in total. The first-order valence-corrected chi connectivity index (χ1v) is 10.7. The van der Waals surface area contributed by atoms with E-state index in [0.29, 0.717) is 6.61 Å². The summed E-state index contributed by atoms with van der Waals surface area (Å²) in [6.07, 6.45) is 5.80. The van der Waals surface area contributed by atoms with Gasteiger partial charge in [0.2, 0.25) is 0 Å². The van der Waals surface area contributed by atoms with Crippen LogP contribution in [0.1, 0.15) is 0 Å². The monoisotopic (exact) mass is 406 g/mol. The van der Waals surface area contributed by atoms with E-state index in [4.69, 9.17) is 9.47 Å². The Labute approximate surface area is 173 Å². The molecule has 0 spiro atoms. The van der Waals surface area contributed by atoms with Crippen LogP contribution in [0.4, 0.5) is 0 Å². The number of hydrogen-bond donors (Lipinski definition) is 0. The number of rotatable bonds is 6. The molecular weight excluding hydrogens is 384 g/mol. The summed E-state index contributed by atoms with van der Waals surface area (Å²) in [5.74, 6) is 0.884. The van der Waals surface area contributed by atoms with Crippen molar-refractivity contribution in [1.29, 1.82) is 0 Å². The first kappa shape index (κ1) is 18.3. The second-order valence-corrected chi connectivity index (χ2v) is 7.79. The van der Waals surface area contributed by atoms with Crippen molar-refractivity contribution in [2.75, 3.05) is 39.5 Å². The molecule has 4 heterocycles. The summed E-state index contributed by atoms with van der Waals surface area (Å²) in [6.45, 7) is 5.22. The van der Waals surface area contributed by atoms with Gasteiger partial charge in [-0.3, -0.25) is 4.90 Å². The van der Waals surface area contributed by atoms with Gasteiger partial charge in [0.05, 0.1) is 19.4 Å². The lowest BCUT2D eigenvalue weighted by molar-refractivity contribution is 0.0322. The van der Waals surface area contributed by atoms with Crippen LogP contribution in [-0.4, -0.2) is 59.0 Å². The van der Waals surface area contributed by atoms with Gasteiger partial charge in [-0.2, -0.15) is 16.4 Å². The van der Waals surface area contributed by atoms with Crippen LogP contribution < -0.4 is 4.74 Å². The van der Waals surface area contributed by atoms with Gasteiger partial charge in [-0.25, -0.2) is 9.50 Å². The van der Waals surface area contributed by atoms with Crippen LogP contribution in [0.2, 0.25) is 0 Å². The zero-order chi connectivity index (χ0) is 19.5. The van der Waals surface area contributed by atoms with Crippen molar-refractivity contribution in [2.24, 2.45) is 0 Å². The van der Waals surface area contributed by atoms with Crippen LogP contribution in [0.5, 0.6) is 5.75 Å². The van der Waals surface area contributed by atoms with Gasteiger partial charge < -0.3 is 9.47 Å². The molecule has 29 heavy (non-hydrogen) atoms. The zero-order valence-electron chi connectivity index (χ0n) is 16.0. The molecule has 0 unspecified atom stereocenters. The minimum Gasteiger partial charge on any atom is -0.492 e. The lowest BCUT2D eigenvalue weighted by Crippen LogP contribution is -2.38. The summed E-state index contributed by atoms with van der Waals surface area (Å²) in [5, 5.41) is 8.67. The topological polar surface area (TPSA) is 51.9 Å². The van der Waals surface area contributed by atoms with Crippen LogP contribution in [0.25, 0.3) is 27.9 Å². The fraction of sp³-hybridized carbons (Fsp3) is 0.273. The molecule has 0 amide bonds. The standard InChI is InChI=1S/C22H22N4O2S/c1-3-20(28-11-8-25-6-9-27-10-7-25)4-2-17(1)19-13-23-22-21(14-24-26(22)15-19)18-5-12-29-16-18/h1-5,12-16H,6-11H2. The Kier molecular flexibility index (Phi) is 5.25. The Morgan fingerprint density at radius 1 is 1.00 bits per heavy atom. The Morgan fingerprint density at radius 2 is 1.86 bits per heavy atom. The van der Waals surface area contributed by atoms with Gasteiger partial charge in [-0.1, -0.05) is 12.1 Å². The summed E-state index contributed by atoms with van der Waals surface area (Å²) in [5.41, 5.74) is 5.20. The Morgan fingerprint density at radius 3 is 2.66 bits per heavy atom. The van der Waals surface area contributed by atoms with E-state index in [2.05, 4.69) is 43.9 Å². The predicted octanol–water partition coefficient (Wildman–Crippen LogP) is 3.84. The number of hydrogen-bond acceptors (Lipinski definition) is 6. The van der Waals surface area contributed by atoms with E-state index in [1.807, 2.05) is 35.2 Å². The van der Waals surface area contributed by atoms with Gasteiger partial charge in [0.15, 0.2) is 5.65 Å². The second kappa shape index (κ2) is 8.32. The van der Waals surface area contributed by atoms with Crippen molar-refractivity contribution in [2.45, 2.75) is 0 Å². The third-order valence-corrected chi connectivity index (χ3v) is 5.84. The van der Waals surface area contributed by atoms with Crippen molar-refractivity contribution in [1.82, 2.24) is 19.5 Å². The molecule has 1 aliphatic heterocycles. The molecule has 5 rings (SSSR count). The lowest BCUT2D eigenvalue weighted by Gasteiger charge is -2.26. The number of aromatic nitrogens is 3. The molecule has 1 aliphatic rings. The molecule has 148 valence electrons. The number of morpholine rings is 1. The summed E-state index contributed by atoms with van der Waals surface area (Å²) in [4.78, 5) is 7.02. The number of thiophene rings is 1. The molecule has 7 heteroatoms. The van der Waals surface area contributed by atoms with Crippen LogP contribution >= 0.6 is 11.3 Å². The number of benzene rings is 1. The third kappa shape index (κ3) is 4.03. The maximum atomic E-state index is 5.90. The molecule has 0 atom stereocenters. The van der Waals surface area contributed by atoms with E-state index < -0.39 is 0 Å². The van der Waals surface area contributed by atoms with Crippen molar-refractivity contribution in [3.8, 4) is 28.0 Å². The van der Waals surface area contributed by atoms with Crippen molar-refractivity contribution in [3.63, 3.8) is 0 Å². The minimum atomic E-state index is 0.686. The Hall–Kier alpha value is -2.74. The van der Waals surface area contributed by atoms with Gasteiger partial charge in [0.25, 0.3) is 0 Å². The van der Waals surface area contributed by atoms with E-state index >= 15 is 0 Å². The molecule has 3 aromatic heterocycles. The van der Waals surface area contributed by atoms with Gasteiger partial charge in [-0.05, 0) is 40.1 Å². The molecule has 1 fully saturated rings. The molecule has 0 saturated carbocycles. The van der Waals surface area contributed by atoms with Crippen LogP contribution in [0.3, 0.4) is 0 Å². The SMILES string of the molecule is c1cc(-c2cnn3cc(-c4ccc(OCCN5CCOCC5)cc4)cnc23)cs1. The van der Waals surface area contributed by atoms with Gasteiger partial charge in [-0.15, -0.1) is 0 Å². The van der Waals surface area contributed by atoms with E-state index in [1.54, 1.807) is 11.3 Å². The predicted molar refractivity (Wildman–Crippen MR) is 114 cm³/mol. The first-order chi connectivity index (χ1) is 14.4. The Balaban J connectivity index is 1.26. The van der Waals surface area contributed by atoms with E-state index in [9.17, 15) is 0 Å². The molecule has 0 aliphatic carbocycles. The second-order valence-electron chi connectivity index (χ2n) is 7.01. The summed E-state index contributed by atoms with van der Waals surface area (Å²) in [6, 6.07) is 10.2. The fourth-order valence-corrected chi connectivity index (χ4v) is 4.16. The van der Waals surface area contributed by atoms with Crippen molar-refractivity contribution < 1.29 is 9.47 Å². The largest absolute Gasteiger partial charge is 0.492 e. The molecule has 4 aromatic rings. The molecular formula is C22H22N4O2S. The minimum absolute atomic E-state index is 0.686. The molecule has 0 radical (unpaired) electrons. The highest BCUT2D eigenvalue weighted by Crippen LogP contribution is 2.27. The third-order valence-electron chi connectivity index (χ3n) is 5.16. The molecule has 0 N–H and O–H groups in total. The smallest absolute Gasteiger partial charge is 0.162 e. The van der Waals surface area contributed by atoms with Crippen LogP contribution in [0, 0.1) is 0 Å². The average Bonchev–Trinajstić information content (AvgIpc) is 3.44. The average molecular weight is 407 g/mol. The normalized spacial score (nSPS) is 15.0. The van der Waals surface area contributed by atoms with Crippen LogP contribution in [-0.2, 0) is 4.74 Å². The van der Waals surface area contributed by atoms with E-state index in [0.717, 1.165) is 66.5 Å². The summed E-state index contributed by atoms with van der Waals surface area (Å²) < 4.78 is 13.1. The van der Waals surface area contributed by atoms with Gasteiger partial charge >= 0.3 is 0 Å². The van der Waals surface area contributed by atoms with Gasteiger partial charge in [0, 0.05) is 43.2 Å². The highest BCUT2D eigenvalue weighted by molar-refractivity contribution is 7.08. The lowest BCUT2D eigenvalue weighted by atomic mass is 10.1. The Bertz CT molecular complexity index is 1070. The quantitative estimate of drug-likeness (QED) is 0.487. The van der Waals surface area contributed by atoms with E-state index in [1.165, 1.54) is 0 Å². The summed E-state index contributed by atoms with van der Waals surface area (Å²) in [7, 11) is 0. The van der Waals surface area contributed by atoms with Crippen molar-refractivity contribution >= 4 is 17.0 Å². The van der Waals surface area contributed by atoms with E-state index in [-0.39, 0.29) is 0 Å². The maximum absolute atomic E-state index is 5.90. The summed E-state index contributed by atoms with van der Waals surface area (Å²) >= 11 is 1.68. The zero-order valence-corrected chi connectivity index (χ0v) is 16.8. The van der Waals surface area contributed by atoms with Gasteiger partial charge in [0.1, 0.15) is 12.4 Å². The number of fused-ring (bicyclic) bond motifs is 1. The molecule has 1 saturated heterocycles. The molecule has 0 bridgehead atoms. The van der Waals surface area contributed by atoms with Crippen LogP contribution in [0.15, 0.2) is 59.7 Å². The molecule has 1 aromatic carbocycles. The van der Waals surface area contributed by atoms with Crippen molar-refractivity contribution in [3.05, 3.63) is 59.7 Å².